The van der Waals surface area contributed by atoms with Crippen molar-refractivity contribution in [3.63, 3.8) is 0 Å². The highest BCUT2D eigenvalue weighted by molar-refractivity contribution is 7.91. The summed E-state index contributed by atoms with van der Waals surface area (Å²) in [5.74, 6) is -2.08. The number of nitrogens with zero attached hydrogens (tertiary/aromatic N) is 2. The third-order valence-corrected chi connectivity index (χ3v) is 13.5. The molecule has 3 N–H and O–H groups in total. The van der Waals surface area contributed by atoms with Crippen LogP contribution in [0.1, 0.15) is 95.5 Å². The molecule has 286 valence electrons. The van der Waals surface area contributed by atoms with E-state index in [9.17, 15) is 27.6 Å². The van der Waals surface area contributed by atoms with Crippen molar-refractivity contribution >= 4 is 44.6 Å². The standard InChI is InChI=1S/C39H51N5O8S/c1-2-28-23-39(28,37(47)43-53(49,50)30-16-17-30)42-34(45)32-22-29-24-44(32)36(46)33(27-12-8-6-9-13-27)41-38(48)51-20-10-5-3-4-7-11-25-14-15-26-18-19-40-35(52-29)31(26)21-25/h2,14-15,18-19,21,27-30,32-33H,1,3-13,16-17,20,22-24H2,(H,41,48)(H,42,45)(H,43,47)/t28?,29-,32+,33+,39-/m1/s1. The van der Waals surface area contributed by atoms with E-state index >= 15 is 0 Å². The van der Waals surface area contributed by atoms with Crippen molar-refractivity contribution in [3.05, 3.63) is 48.7 Å². The number of cyclic esters (lactones) is 1. The van der Waals surface area contributed by atoms with Gasteiger partial charge < -0.3 is 25.0 Å². The van der Waals surface area contributed by atoms with Crippen molar-refractivity contribution in [2.45, 2.75) is 125 Å². The van der Waals surface area contributed by atoms with Gasteiger partial charge in [-0.1, -0.05) is 56.7 Å². The number of aryl methyl sites for hydroxylation is 1. The van der Waals surface area contributed by atoms with E-state index < -0.39 is 68.7 Å². The minimum Gasteiger partial charge on any atom is -0.472 e. The molecule has 1 saturated heterocycles. The number of fused-ring (bicyclic) bond motifs is 3. The molecule has 3 aliphatic carbocycles. The second-order valence-electron chi connectivity index (χ2n) is 15.5. The highest BCUT2D eigenvalue weighted by Crippen LogP contribution is 2.45. The van der Waals surface area contributed by atoms with Crippen molar-refractivity contribution in [2.75, 3.05) is 13.2 Å². The number of rotatable bonds is 7. The van der Waals surface area contributed by atoms with Crippen LogP contribution in [0.3, 0.4) is 0 Å². The number of amides is 4. The topological polar surface area (TPSA) is 173 Å². The summed E-state index contributed by atoms with van der Waals surface area (Å²) < 4.78 is 39.8. The van der Waals surface area contributed by atoms with Crippen molar-refractivity contribution in [1.82, 2.24) is 25.2 Å². The van der Waals surface area contributed by atoms with Gasteiger partial charge in [0.1, 0.15) is 23.7 Å². The summed E-state index contributed by atoms with van der Waals surface area (Å²) >= 11 is 0. The van der Waals surface area contributed by atoms with Gasteiger partial charge in [-0.25, -0.2) is 18.2 Å². The van der Waals surface area contributed by atoms with Crippen LogP contribution in [-0.2, 0) is 35.6 Å². The summed E-state index contributed by atoms with van der Waals surface area (Å²) in [6.45, 7) is 4.08. The summed E-state index contributed by atoms with van der Waals surface area (Å²) in [6.07, 6.45) is 13.1. The SMILES string of the molecule is C=CC1C[C@]1(NC(=O)[C@@H]1C[C@@H]2CN1C(=O)[C@H](C1CCCCC1)NC(=O)OCCCCCCCc1ccc3ccnc(c3c1)O2)C(=O)NS(=O)(=O)C1CC1. The van der Waals surface area contributed by atoms with Gasteiger partial charge in [0, 0.05) is 23.9 Å². The van der Waals surface area contributed by atoms with Gasteiger partial charge in [0.15, 0.2) is 0 Å². The number of pyridine rings is 1. The van der Waals surface area contributed by atoms with E-state index in [-0.39, 0.29) is 31.9 Å². The van der Waals surface area contributed by atoms with E-state index in [1.807, 2.05) is 6.07 Å². The Morgan fingerprint density at radius 2 is 1.75 bits per heavy atom. The molecule has 5 atom stereocenters. The Morgan fingerprint density at radius 1 is 1.00 bits per heavy atom. The largest absolute Gasteiger partial charge is 0.472 e. The highest BCUT2D eigenvalue weighted by atomic mass is 32.2. The molecule has 1 aromatic heterocycles. The van der Waals surface area contributed by atoms with Crippen molar-refractivity contribution in [2.24, 2.45) is 11.8 Å². The maximum Gasteiger partial charge on any atom is 0.407 e. The molecule has 4 fully saturated rings. The van der Waals surface area contributed by atoms with Gasteiger partial charge >= 0.3 is 6.09 Å². The van der Waals surface area contributed by atoms with Gasteiger partial charge in [0.05, 0.1) is 18.4 Å². The van der Waals surface area contributed by atoms with Crippen LogP contribution in [0.5, 0.6) is 5.88 Å². The monoisotopic (exact) mass is 749 g/mol. The Labute approximate surface area is 311 Å². The fourth-order valence-corrected chi connectivity index (χ4v) is 9.68. The molecular formula is C39H51N5O8S. The maximum absolute atomic E-state index is 14.7. The molecule has 1 aromatic carbocycles. The van der Waals surface area contributed by atoms with E-state index in [0.29, 0.717) is 18.7 Å². The molecule has 2 aliphatic heterocycles. The quantitative estimate of drug-likeness (QED) is 0.346. The molecule has 0 spiro atoms. The normalized spacial score (nSPS) is 29.0. The number of carbonyl (C=O) groups is 4. The molecule has 0 radical (unpaired) electrons. The third kappa shape index (κ3) is 8.32. The van der Waals surface area contributed by atoms with Crippen LogP contribution >= 0.6 is 0 Å². The second-order valence-corrected chi connectivity index (χ2v) is 17.5. The van der Waals surface area contributed by atoms with Gasteiger partial charge in [-0.15, -0.1) is 6.58 Å². The van der Waals surface area contributed by atoms with Gasteiger partial charge in [0.25, 0.3) is 5.91 Å². The maximum atomic E-state index is 14.7. The Hall–Kier alpha value is -4.20. The average molecular weight is 750 g/mol. The number of benzene rings is 1. The van der Waals surface area contributed by atoms with Crippen LogP contribution in [-0.4, -0.2) is 84.2 Å². The number of nitrogens with one attached hydrogen (secondary N) is 3. The molecule has 1 unspecified atom stereocenters. The zero-order valence-corrected chi connectivity index (χ0v) is 31.0. The van der Waals surface area contributed by atoms with Gasteiger partial charge in [-0.05, 0) is 80.4 Å². The smallest absolute Gasteiger partial charge is 0.407 e. The van der Waals surface area contributed by atoms with Crippen molar-refractivity contribution in [3.8, 4) is 5.88 Å². The molecule has 3 saturated carbocycles. The predicted octanol–water partition coefficient (Wildman–Crippen LogP) is 4.43. The first kappa shape index (κ1) is 37.1. The number of ether oxygens (including phenoxy) is 2. The minimum atomic E-state index is -3.88. The fraction of sp³-hybridized carbons (Fsp3) is 0.615. The minimum absolute atomic E-state index is 0.0365. The molecule has 5 aliphatic rings. The number of hydrogen-bond donors (Lipinski definition) is 3. The number of hydrogen-bond acceptors (Lipinski definition) is 9. The molecule has 53 heavy (non-hydrogen) atoms. The molecule has 7 rings (SSSR count). The molecule has 13 nitrogen and oxygen atoms in total. The van der Waals surface area contributed by atoms with Crippen LogP contribution in [0.15, 0.2) is 43.1 Å². The zero-order chi connectivity index (χ0) is 37.2. The van der Waals surface area contributed by atoms with Crippen LogP contribution in [0, 0.1) is 11.8 Å². The molecule has 4 bridgehead atoms. The van der Waals surface area contributed by atoms with Crippen LogP contribution < -0.4 is 20.1 Å². The number of aromatic nitrogens is 1. The van der Waals surface area contributed by atoms with Crippen molar-refractivity contribution in [1.29, 1.82) is 0 Å². The van der Waals surface area contributed by atoms with E-state index in [0.717, 1.165) is 87.0 Å². The molecule has 2 aromatic rings. The lowest BCUT2D eigenvalue weighted by Gasteiger charge is -2.34. The highest BCUT2D eigenvalue weighted by Gasteiger charge is 2.62. The molecule has 3 heterocycles. The lowest BCUT2D eigenvalue weighted by atomic mass is 9.83. The van der Waals surface area contributed by atoms with E-state index in [2.05, 4.69) is 45.1 Å². The summed E-state index contributed by atoms with van der Waals surface area (Å²) in [4.78, 5) is 61.8. The molecular weight excluding hydrogens is 699 g/mol. The lowest BCUT2D eigenvalue weighted by molar-refractivity contribution is -0.142. The van der Waals surface area contributed by atoms with E-state index in [1.54, 1.807) is 6.20 Å². The first-order chi connectivity index (χ1) is 25.6. The van der Waals surface area contributed by atoms with Crippen molar-refractivity contribution < 1.29 is 37.1 Å². The fourth-order valence-electron chi connectivity index (χ4n) is 8.31. The van der Waals surface area contributed by atoms with Crippen LogP contribution in [0.2, 0.25) is 0 Å². The van der Waals surface area contributed by atoms with Crippen LogP contribution in [0.4, 0.5) is 4.79 Å². The Morgan fingerprint density at radius 3 is 2.51 bits per heavy atom. The lowest BCUT2D eigenvalue weighted by Crippen LogP contribution is -2.59. The summed E-state index contributed by atoms with van der Waals surface area (Å²) in [7, 11) is -3.88. The first-order valence-corrected chi connectivity index (χ1v) is 20.9. The Kier molecular flexibility index (Phi) is 11.0. The van der Waals surface area contributed by atoms with Gasteiger partial charge in [0.2, 0.25) is 27.7 Å². The Bertz CT molecular complexity index is 1840. The third-order valence-electron chi connectivity index (χ3n) is 11.7. The Balaban J connectivity index is 1.20. The average Bonchev–Trinajstić information content (AvgIpc) is 4.08. The second kappa shape index (κ2) is 15.6. The number of alkyl carbamates (subject to hydrolysis) is 1. The summed E-state index contributed by atoms with van der Waals surface area (Å²) in [6, 6.07) is 6.18. The number of sulfonamides is 1. The van der Waals surface area contributed by atoms with Crippen LogP contribution in [0.25, 0.3) is 10.8 Å². The van der Waals surface area contributed by atoms with Gasteiger partial charge in [-0.2, -0.15) is 0 Å². The van der Waals surface area contributed by atoms with E-state index in [4.69, 9.17) is 9.47 Å². The summed E-state index contributed by atoms with van der Waals surface area (Å²) in [5.41, 5.74) is -0.356. The number of carbonyl (C=O) groups excluding carboxylic acids is 4. The molecule has 14 heteroatoms. The molecule has 4 amide bonds. The zero-order valence-electron chi connectivity index (χ0n) is 30.2. The predicted molar refractivity (Wildman–Crippen MR) is 197 cm³/mol. The van der Waals surface area contributed by atoms with E-state index in [1.165, 1.54) is 11.0 Å². The summed E-state index contributed by atoms with van der Waals surface area (Å²) in [5, 5.41) is 6.90. The first-order valence-electron chi connectivity index (χ1n) is 19.4. The van der Waals surface area contributed by atoms with Gasteiger partial charge in [-0.3, -0.25) is 19.1 Å².